The van der Waals surface area contributed by atoms with E-state index in [0.29, 0.717) is 19.0 Å². The smallest absolute Gasteiger partial charge is 0.208 e. The van der Waals surface area contributed by atoms with Crippen molar-refractivity contribution in [3.8, 4) is 0 Å². The van der Waals surface area contributed by atoms with Gasteiger partial charge in [0, 0.05) is 39.8 Å². The summed E-state index contributed by atoms with van der Waals surface area (Å²) in [4.78, 5) is 9.21. The van der Waals surface area contributed by atoms with Crippen LogP contribution in [0.15, 0.2) is 4.99 Å². The van der Waals surface area contributed by atoms with Crippen molar-refractivity contribution in [1.29, 1.82) is 0 Å². The maximum atomic E-state index is 11.0. The van der Waals surface area contributed by atoms with Crippen LogP contribution in [0.1, 0.15) is 25.7 Å². The second-order valence-corrected chi connectivity index (χ2v) is 8.44. The lowest BCUT2D eigenvalue weighted by molar-refractivity contribution is 0.198. The quantitative estimate of drug-likeness (QED) is 0.255. The van der Waals surface area contributed by atoms with Crippen molar-refractivity contribution in [2.24, 2.45) is 10.9 Å². The molecule has 2 fully saturated rings. The van der Waals surface area contributed by atoms with E-state index in [1.165, 1.54) is 51.6 Å². The fourth-order valence-corrected chi connectivity index (χ4v) is 3.90. The number of nitrogens with zero attached hydrogens (tertiary/aromatic N) is 3. The van der Waals surface area contributed by atoms with E-state index in [1.54, 1.807) is 7.05 Å². The number of likely N-dealkylation sites (tertiary alicyclic amines) is 2. The Labute approximate surface area is 163 Å². The third kappa shape index (κ3) is 7.83. The van der Waals surface area contributed by atoms with Crippen molar-refractivity contribution in [1.82, 2.24) is 19.8 Å². The molecule has 0 aliphatic carbocycles. The predicted molar refractivity (Wildman–Crippen MR) is 110 cm³/mol. The number of rotatable bonds is 6. The van der Waals surface area contributed by atoms with Gasteiger partial charge in [-0.3, -0.25) is 4.99 Å². The first kappa shape index (κ1) is 21.9. The van der Waals surface area contributed by atoms with E-state index in [-0.39, 0.29) is 24.0 Å². The van der Waals surface area contributed by atoms with Gasteiger partial charge >= 0.3 is 0 Å². The van der Waals surface area contributed by atoms with Gasteiger partial charge < -0.3 is 15.1 Å². The molecule has 2 aliphatic rings. The molecule has 2 rings (SSSR count). The molecule has 0 amide bonds. The highest BCUT2D eigenvalue weighted by Gasteiger charge is 2.26. The van der Waals surface area contributed by atoms with Gasteiger partial charge in [0.1, 0.15) is 0 Å². The van der Waals surface area contributed by atoms with Crippen LogP contribution < -0.4 is 10.0 Å². The van der Waals surface area contributed by atoms with Crippen LogP contribution in [0.25, 0.3) is 0 Å². The molecule has 24 heavy (non-hydrogen) atoms. The molecule has 1 atom stereocenters. The lowest BCUT2D eigenvalue weighted by Crippen LogP contribution is -2.43. The van der Waals surface area contributed by atoms with Crippen molar-refractivity contribution in [3.05, 3.63) is 0 Å². The van der Waals surface area contributed by atoms with E-state index in [1.807, 2.05) is 0 Å². The minimum absolute atomic E-state index is 0. The maximum absolute atomic E-state index is 11.0. The molecular formula is C15H32IN5O2S. The number of sulfonamides is 1. The highest BCUT2D eigenvalue weighted by atomic mass is 127. The lowest BCUT2D eigenvalue weighted by atomic mass is 10.1. The fraction of sp³-hybridized carbons (Fsp3) is 0.933. The standard InChI is InChI=1S/C15H31N5O2S.HI/c1-16-15(17-7-8-18-23(2,21)22)20-11-6-14(13-20)12-19-9-4-3-5-10-19;/h14,18H,3-13H2,1-2H3,(H,16,17);1H. The molecule has 7 nitrogen and oxygen atoms in total. The molecule has 2 aliphatic heterocycles. The van der Waals surface area contributed by atoms with Crippen LogP contribution in [-0.2, 0) is 10.0 Å². The predicted octanol–water partition coefficient (Wildman–Crippen LogP) is 0.537. The summed E-state index contributed by atoms with van der Waals surface area (Å²) in [5.74, 6) is 1.59. The number of guanidine groups is 1. The van der Waals surface area contributed by atoms with E-state index in [2.05, 4.69) is 24.8 Å². The average Bonchev–Trinajstić information content (AvgIpc) is 2.95. The van der Waals surface area contributed by atoms with Crippen LogP contribution in [0.4, 0.5) is 0 Å². The van der Waals surface area contributed by atoms with Crippen molar-refractivity contribution in [2.45, 2.75) is 25.7 Å². The summed E-state index contributed by atoms with van der Waals surface area (Å²) >= 11 is 0. The molecule has 2 heterocycles. The van der Waals surface area contributed by atoms with Gasteiger partial charge in [-0.05, 0) is 38.3 Å². The molecule has 0 aromatic rings. The van der Waals surface area contributed by atoms with Crippen LogP contribution in [-0.4, -0.2) is 83.3 Å². The Morgan fingerprint density at radius 1 is 1.17 bits per heavy atom. The number of piperidine rings is 1. The van der Waals surface area contributed by atoms with Crippen LogP contribution in [0.2, 0.25) is 0 Å². The van der Waals surface area contributed by atoms with E-state index in [0.717, 1.165) is 19.0 Å². The van der Waals surface area contributed by atoms with Gasteiger partial charge in [-0.15, -0.1) is 24.0 Å². The summed E-state index contributed by atoms with van der Waals surface area (Å²) in [6, 6.07) is 0. The molecule has 0 aromatic heterocycles. The second kappa shape index (κ2) is 10.8. The Hall–Kier alpha value is -0.130. The SMILES string of the molecule is CN=C(NCCNS(C)(=O)=O)N1CCC(CN2CCCCC2)C1.I. The van der Waals surface area contributed by atoms with Gasteiger partial charge in [-0.25, -0.2) is 13.1 Å². The largest absolute Gasteiger partial charge is 0.355 e. The lowest BCUT2D eigenvalue weighted by Gasteiger charge is -2.29. The summed E-state index contributed by atoms with van der Waals surface area (Å²) in [6.45, 7) is 6.69. The molecule has 1 unspecified atom stereocenters. The highest BCUT2D eigenvalue weighted by Crippen LogP contribution is 2.19. The van der Waals surface area contributed by atoms with Crippen molar-refractivity contribution in [2.75, 3.05) is 59.1 Å². The number of nitrogens with one attached hydrogen (secondary N) is 2. The summed E-state index contributed by atoms with van der Waals surface area (Å²) in [5, 5.41) is 3.24. The Bertz CT molecular complexity index is 494. The second-order valence-electron chi connectivity index (χ2n) is 6.60. The minimum Gasteiger partial charge on any atom is -0.355 e. The first-order valence-corrected chi connectivity index (χ1v) is 10.5. The normalized spacial score (nSPS) is 23.2. The van der Waals surface area contributed by atoms with E-state index < -0.39 is 10.0 Å². The Balaban J connectivity index is 0.00000288. The Morgan fingerprint density at radius 3 is 2.50 bits per heavy atom. The van der Waals surface area contributed by atoms with Gasteiger partial charge in [-0.1, -0.05) is 6.42 Å². The molecule has 2 N–H and O–H groups in total. The molecule has 2 saturated heterocycles. The third-order valence-electron chi connectivity index (χ3n) is 4.53. The molecular weight excluding hydrogens is 441 g/mol. The summed E-state index contributed by atoms with van der Waals surface area (Å²) in [6.07, 6.45) is 6.44. The van der Waals surface area contributed by atoms with E-state index >= 15 is 0 Å². The van der Waals surface area contributed by atoms with Crippen molar-refractivity contribution >= 4 is 40.0 Å². The zero-order valence-electron chi connectivity index (χ0n) is 14.8. The summed E-state index contributed by atoms with van der Waals surface area (Å²) in [7, 11) is -1.34. The van der Waals surface area contributed by atoms with Crippen LogP contribution in [0.5, 0.6) is 0 Å². The molecule has 0 bridgehead atoms. The van der Waals surface area contributed by atoms with Crippen LogP contribution in [0.3, 0.4) is 0 Å². The first-order valence-electron chi connectivity index (χ1n) is 8.60. The molecule has 0 saturated carbocycles. The maximum Gasteiger partial charge on any atom is 0.208 e. The third-order valence-corrected chi connectivity index (χ3v) is 5.26. The molecule has 0 radical (unpaired) electrons. The van der Waals surface area contributed by atoms with Crippen molar-refractivity contribution in [3.63, 3.8) is 0 Å². The zero-order chi connectivity index (χ0) is 16.7. The summed E-state index contributed by atoms with van der Waals surface area (Å²) < 4.78 is 24.6. The molecule has 0 aromatic carbocycles. The number of hydrogen-bond donors (Lipinski definition) is 2. The van der Waals surface area contributed by atoms with Crippen LogP contribution in [0, 0.1) is 5.92 Å². The van der Waals surface area contributed by atoms with Crippen molar-refractivity contribution < 1.29 is 8.42 Å². The van der Waals surface area contributed by atoms with Crippen LogP contribution >= 0.6 is 24.0 Å². The van der Waals surface area contributed by atoms with Gasteiger partial charge in [0.25, 0.3) is 0 Å². The number of aliphatic imine (C=N–C) groups is 1. The van der Waals surface area contributed by atoms with Gasteiger partial charge in [-0.2, -0.15) is 0 Å². The van der Waals surface area contributed by atoms with Gasteiger partial charge in [0.2, 0.25) is 10.0 Å². The highest BCUT2D eigenvalue weighted by molar-refractivity contribution is 14.0. The molecule has 9 heteroatoms. The number of halogens is 1. The monoisotopic (exact) mass is 473 g/mol. The first-order chi connectivity index (χ1) is 11.0. The minimum atomic E-state index is -3.12. The number of hydrogen-bond acceptors (Lipinski definition) is 4. The topological polar surface area (TPSA) is 77.0 Å². The summed E-state index contributed by atoms with van der Waals surface area (Å²) in [5.41, 5.74) is 0. The van der Waals surface area contributed by atoms with E-state index in [4.69, 9.17) is 0 Å². The Kier molecular flexibility index (Phi) is 9.83. The zero-order valence-corrected chi connectivity index (χ0v) is 18.0. The molecule has 142 valence electrons. The van der Waals surface area contributed by atoms with Gasteiger partial charge in [0.05, 0.1) is 6.26 Å². The van der Waals surface area contributed by atoms with E-state index in [9.17, 15) is 8.42 Å². The molecule has 0 spiro atoms. The fourth-order valence-electron chi connectivity index (χ4n) is 3.42. The van der Waals surface area contributed by atoms with Gasteiger partial charge in [0.15, 0.2) is 5.96 Å². The Morgan fingerprint density at radius 2 is 1.88 bits per heavy atom. The average molecular weight is 473 g/mol.